The van der Waals surface area contributed by atoms with Crippen LogP contribution in [0.15, 0.2) is 30.3 Å². The zero-order chi connectivity index (χ0) is 21.6. The Hall–Kier alpha value is -0.710. The van der Waals surface area contributed by atoms with Gasteiger partial charge in [-0.15, -0.1) is 0 Å². The topological polar surface area (TPSA) is 48.0 Å². The van der Waals surface area contributed by atoms with Gasteiger partial charge >= 0.3 is 7.60 Å². The van der Waals surface area contributed by atoms with Crippen molar-refractivity contribution in [2.75, 3.05) is 13.2 Å². The first-order chi connectivity index (χ1) is 12.9. The first-order valence-electron chi connectivity index (χ1n) is 10.3. The summed E-state index contributed by atoms with van der Waals surface area (Å²) in [5, 5.41) is 1.86. The monoisotopic (exact) mass is 413 g/mol. The van der Waals surface area contributed by atoms with Crippen LogP contribution in [0.3, 0.4) is 0 Å². The summed E-state index contributed by atoms with van der Waals surface area (Å²) in [7, 11) is -3.46. The predicted molar refractivity (Wildman–Crippen MR) is 116 cm³/mol. The molecule has 0 saturated heterocycles. The van der Waals surface area contributed by atoms with Crippen molar-refractivity contribution >= 4 is 7.60 Å². The van der Waals surface area contributed by atoms with Gasteiger partial charge in [-0.3, -0.25) is 9.40 Å². The van der Waals surface area contributed by atoms with Gasteiger partial charge < -0.3 is 9.05 Å². The van der Waals surface area contributed by atoms with Crippen LogP contribution in [0.2, 0.25) is 0 Å². The summed E-state index contributed by atoms with van der Waals surface area (Å²) in [5.74, 6) is -0.558. The highest BCUT2D eigenvalue weighted by Gasteiger charge is 2.51. The minimum atomic E-state index is -3.46. The van der Waals surface area contributed by atoms with E-state index in [0.717, 1.165) is 12.0 Å². The van der Waals surface area contributed by atoms with Gasteiger partial charge in [-0.1, -0.05) is 58.0 Å². The van der Waals surface area contributed by atoms with Crippen LogP contribution in [0, 0.1) is 5.41 Å². The van der Waals surface area contributed by atoms with Crippen molar-refractivity contribution in [3.05, 3.63) is 35.9 Å². The van der Waals surface area contributed by atoms with Gasteiger partial charge in [0.2, 0.25) is 0 Å². The Morgan fingerprint density at radius 2 is 1.43 bits per heavy atom. The van der Waals surface area contributed by atoms with Crippen LogP contribution < -0.4 is 0 Å². The van der Waals surface area contributed by atoms with Gasteiger partial charge in [-0.25, -0.2) is 0 Å². The Bertz CT molecular complexity index is 612. The third kappa shape index (κ3) is 6.67. The third-order valence-electron chi connectivity index (χ3n) is 4.36. The number of benzene rings is 1. The number of hydrogen-bond acceptors (Lipinski definition) is 5. The molecule has 0 heterocycles. The Kier molecular flexibility index (Phi) is 9.37. The van der Waals surface area contributed by atoms with E-state index in [2.05, 4.69) is 39.8 Å². The third-order valence-corrected chi connectivity index (χ3v) is 7.18. The molecule has 28 heavy (non-hydrogen) atoms. The zero-order valence-electron chi connectivity index (χ0n) is 19.2. The van der Waals surface area contributed by atoms with Crippen LogP contribution in [-0.4, -0.2) is 29.6 Å². The summed E-state index contributed by atoms with van der Waals surface area (Å²) in [4.78, 5) is 6.58. The van der Waals surface area contributed by atoms with Crippen LogP contribution >= 0.6 is 7.60 Å². The van der Waals surface area contributed by atoms with Crippen molar-refractivity contribution in [3.8, 4) is 0 Å². The van der Waals surface area contributed by atoms with E-state index in [1.54, 1.807) is 0 Å². The van der Waals surface area contributed by atoms with Crippen LogP contribution in [0.25, 0.3) is 0 Å². The largest absolute Gasteiger partial charge is 0.350 e. The molecule has 0 N–H and O–H groups in total. The smallest absolute Gasteiger partial charge is 0.308 e. The molecule has 0 aliphatic carbocycles. The highest BCUT2D eigenvalue weighted by molar-refractivity contribution is 7.54. The van der Waals surface area contributed by atoms with E-state index in [1.165, 1.54) is 0 Å². The lowest BCUT2D eigenvalue weighted by Gasteiger charge is -2.48. The fraction of sp³-hybridized carbons (Fsp3) is 0.727. The van der Waals surface area contributed by atoms with Gasteiger partial charge in [-0.05, 0) is 52.0 Å². The van der Waals surface area contributed by atoms with Crippen molar-refractivity contribution in [3.63, 3.8) is 0 Å². The van der Waals surface area contributed by atoms with E-state index < -0.39 is 24.3 Å². The SMILES string of the molecule is CCOP(=O)(OCC)C(N(OC(CC)c1ccccc1)C(C)(C)C)C(C)(C)C. The second-order valence-corrected chi connectivity index (χ2v) is 11.1. The summed E-state index contributed by atoms with van der Waals surface area (Å²) in [6.45, 7) is 18.7. The lowest BCUT2D eigenvalue weighted by atomic mass is 9.94. The Morgan fingerprint density at radius 3 is 1.79 bits per heavy atom. The maximum Gasteiger partial charge on any atom is 0.350 e. The van der Waals surface area contributed by atoms with Gasteiger partial charge in [0.05, 0.1) is 13.2 Å². The summed E-state index contributed by atoms with van der Waals surface area (Å²) in [5.41, 5.74) is 0.279. The zero-order valence-corrected chi connectivity index (χ0v) is 20.1. The van der Waals surface area contributed by atoms with E-state index in [9.17, 15) is 4.57 Å². The quantitative estimate of drug-likeness (QED) is 0.311. The maximum absolute atomic E-state index is 13.9. The van der Waals surface area contributed by atoms with Crippen molar-refractivity contribution in [1.29, 1.82) is 0 Å². The molecular weight excluding hydrogens is 373 g/mol. The normalized spacial score (nSPS) is 15.6. The molecule has 162 valence electrons. The molecule has 0 amide bonds. The Morgan fingerprint density at radius 1 is 0.929 bits per heavy atom. The molecule has 0 spiro atoms. The van der Waals surface area contributed by atoms with E-state index in [-0.39, 0.29) is 6.10 Å². The average molecular weight is 414 g/mol. The molecule has 0 aromatic heterocycles. The lowest BCUT2D eigenvalue weighted by Crippen LogP contribution is -2.53. The molecule has 0 aliphatic rings. The van der Waals surface area contributed by atoms with E-state index in [4.69, 9.17) is 13.9 Å². The standard InChI is InChI=1S/C22H40NO4P/c1-10-19(18-16-14-13-15-17-18)27-23(22(7,8)9)20(21(4,5)6)28(24,25-11-2)26-12-3/h13-17,19-20H,10-12H2,1-9H3. The molecule has 2 unspecified atom stereocenters. The first kappa shape index (κ1) is 25.3. The minimum Gasteiger partial charge on any atom is -0.308 e. The van der Waals surface area contributed by atoms with Crippen LogP contribution in [0.4, 0.5) is 0 Å². The van der Waals surface area contributed by atoms with Crippen molar-refractivity contribution < 1.29 is 18.5 Å². The van der Waals surface area contributed by atoms with E-state index in [1.807, 2.05) is 57.9 Å². The highest BCUT2D eigenvalue weighted by atomic mass is 31.2. The van der Waals surface area contributed by atoms with E-state index in [0.29, 0.717) is 13.2 Å². The van der Waals surface area contributed by atoms with Crippen molar-refractivity contribution in [1.82, 2.24) is 5.06 Å². The molecule has 0 aliphatic heterocycles. The molecule has 0 bridgehead atoms. The summed E-state index contributed by atoms with van der Waals surface area (Å²) < 4.78 is 25.4. The second kappa shape index (κ2) is 10.4. The van der Waals surface area contributed by atoms with Crippen LogP contribution in [0.5, 0.6) is 0 Å². The molecular formula is C22H40NO4P. The fourth-order valence-corrected chi connectivity index (χ4v) is 5.93. The van der Waals surface area contributed by atoms with E-state index >= 15 is 0 Å². The summed E-state index contributed by atoms with van der Waals surface area (Å²) in [6, 6.07) is 10.1. The molecule has 5 nitrogen and oxygen atoms in total. The summed E-state index contributed by atoms with van der Waals surface area (Å²) in [6.07, 6.45) is 0.642. The highest BCUT2D eigenvalue weighted by Crippen LogP contribution is 2.61. The predicted octanol–water partition coefficient (Wildman–Crippen LogP) is 6.81. The summed E-state index contributed by atoms with van der Waals surface area (Å²) >= 11 is 0. The minimum absolute atomic E-state index is 0.151. The molecule has 6 heteroatoms. The number of hydroxylamine groups is 2. The second-order valence-electron chi connectivity index (χ2n) is 9.02. The number of hydrogen-bond donors (Lipinski definition) is 0. The van der Waals surface area contributed by atoms with Gasteiger partial charge in [0.15, 0.2) is 0 Å². The van der Waals surface area contributed by atoms with Gasteiger partial charge in [0.1, 0.15) is 11.9 Å². The van der Waals surface area contributed by atoms with Crippen LogP contribution in [0.1, 0.15) is 80.4 Å². The Labute approximate surface area is 172 Å². The van der Waals surface area contributed by atoms with Crippen molar-refractivity contribution in [2.45, 2.75) is 86.2 Å². The fourth-order valence-electron chi connectivity index (χ4n) is 3.25. The van der Waals surface area contributed by atoms with Gasteiger partial charge in [0.25, 0.3) is 0 Å². The first-order valence-corrected chi connectivity index (χ1v) is 11.9. The molecule has 2 atom stereocenters. The molecule has 1 aromatic rings. The lowest BCUT2D eigenvalue weighted by molar-refractivity contribution is -0.269. The molecule has 0 radical (unpaired) electrons. The Balaban J connectivity index is 3.45. The molecule has 1 aromatic carbocycles. The molecule has 0 fully saturated rings. The average Bonchev–Trinajstić information content (AvgIpc) is 2.57. The van der Waals surface area contributed by atoms with Gasteiger partial charge in [-0.2, -0.15) is 5.06 Å². The maximum atomic E-state index is 13.9. The molecule has 0 saturated carbocycles. The number of nitrogens with zero attached hydrogens (tertiary/aromatic N) is 1. The van der Waals surface area contributed by atoms with Gasteiger partial charge in [0, 0.05) is 5.54 Å². The number of rotatable bonds is 10. The molecule has 1 rings (SSSR count). The van der Waals surface area contributed by atoms with Crippen molar-refractivity contribution in [2.24, 2.45) is 5.41 Å². The van der Waals surface area contributed by atoms with Crippen LogP contribution in [-0.2, 0) is 18.5 Å².